The van der Waals surface area contributed by atoms with Gasteiger partial charge in [-0.1, -0.05) is 25.0 Å². The van der Waals surface area contributed by atoms with Gasteiger partial charge in [0.15, 0.2) is 5.84 Å². The number of amidine groups is 1. The molecule has 2 aliphatic rings. The van der Waals surface area contributed by atoms with Crippen LogP contribution in [0, 0.1) is 0 Å². The summed E-state index contributed by atoms with van der Waals surface area (Å²) in [6, 6.07) is 13.8. The van der Waals surface area contributed by atoms with E-state index in [1.807, 2.05) is 4.90 Å². The number of sulfonamides is 1. The van der Waals surface area contributed by atoms with Crippen LogP contribution in [-0.4, -0.2) is 38.2 Å². The number of fused-ring (bicyclic) bond motifs is 1. The fraction of sp³-hybridized carbons (Fsp3) is 0.300. The molecule has 0 aliphatic carbocycles. The zero-order valence-electron chi connectivity index (χ0n) is 14.9. The van der Waals surface area contributed by atoms with Gasteiger partial charge in [-0.3, -0.25) is 4.79 Å². The van der Waals surface area contributed by atoms with Gasteiger partial charge < -0.3 is 10.2 Å². The summed E-state index contributed by atoms with van der Waals surface area (Å²) >= 11 is 0. The van der Waals surface area contributed by atoms with Crippen molar-refractivity contribution in [3.05, 3.63) is 59.7 Å². The molecule has 0 unspecified atom stereocenters. The third kappa shape index (κ3) is 3.60. The number of likely N-dealkylation sites (tertiary alicyclic amines) is 1. The second kappa shape index (κ2) is 7.15. The average molecular weight is 383 g/mol. The van der Waals surface area contributed by atoms with Gasteiger partial charge in [0.05, 0.1) is 0 Å². The van der Waals surface area contributed by atoms with Crippen LogP contribution in [0.15, 0.2) is 57.8 Å². The highest BCUT2D eigenvalue weighted by molar-refractivity contribution is 7.90. The molecular formula is C20H21N3O3S. The summed E-state index contributed by atoms with van der Waals surface area (Å²) in [5, 5.41) is 3.05. The molecule has 1 N–H and O–H groups in total. The van der Waals surface area contributed by atoms with Crippen LogP contribution in [0.4, 0.5) is 5.69 Å². The molecule has 140 valence electrons. The highest BCUT2D eigenvalue weighted by Crippen LogP contribution is 2.26. The van der Waals surface area contributed by atoms with E-state index in [1.165, 1.54) is 12.8 Å². The van der Waals surface area contributed by atoms with Crippen molar-refractivity contribution >= 4 is 27.5 Å². The maximum absolute atomic E-state index is 12.7. The normalized spacial score (nSPS) is 18.4. The number of hydrogen-bond acceptors (Lipinski definition) is 4. The zero-order valence-corrected chi connectivity index (χ0v) is 15.7. The van der Waals surface area contributed by atoms with E-state index in [-0.39, 0.29) is 10.8 Å². The van der Waals surface area contributed by atoms with Crippen LogP contribution in [0.2, 0.25) is 0 Å². The largest absolute Gasteiger partial charge is 0.339 e. The van der Waals surface area contributed by atoms with E-state index < -0.39 is 10.0 Å². The van der Waals surface area contributed by atoms with Crippen LogP contribution in [0.1, 0.15) is 41.6 Å². The number of amides is 1. The Morgan fingerprint density at radius 3 is 2.30 bits per heavy atom. The van der Waals surface area contributed by atoms with E-state index in [4.69, 9.17) is 0 Å². The quantitative estimate of drug-likeness (QED) is 0.863. The van der Waals surface area contributed by atoms with Crippen LogP contribution >= 0.6 is 0 Å². The number of anilines is 1. The first kappa shape index (κ1) is 17.7. The van der Waals surface area contributed by atoms with Crippen molar-refractivity contribution in [3.8, 4) is 0 Å². The molecule has 0 saturated carbocycles. The van der Waals surface area contributed by atoms with Crippen molar-refractivity contribution < 1.29 is 13.2 Å². The first-order valence-corrected chi connectivity index (χ1v) is 10.6. The Morgan fingerprint density at radius 1 is 0.926 bits per heavy atom. The Hall–Kier alpha value is -2.67. The van der Waals surface area contributed by atoms with Crippen LogP contribution in [0.5, 0.6) is 0 Å². The lowest BCUT2D eigenvalue weighted by molar-refractivity contribution is 0.0761. The highest BCUT2D eigenvalue weighted by atomic mass is 32.2. The molecule has 4 rings (SSSR count). The molecule has 6 nitrogen and oxygen atoms in total. The molecule has 2 aromatic rings. The average Bonchev–Trinajstić information content (AvgIpc) is 2.86. The molecule has 2 aliphatic heterocycles. The summed E-state index contributed by atoms with van der Waals surface area (Å²) in [6.07, 6.45) is 4.47. The number of hydrogen-bond donors (Lipinski definition) is 1. The van der Waals surface area contributed by atoms with Gasteiger partial charge in [0.2, 0.25) is 0 Å². The lowest BCUT2D eigenvalue weighted by Gasteiger charge is -2.20. The Kier molecular flexibility index (Phi) is 4.70. The summed E-state index contributed by atoms with van der Waals surface area (Å²) in [6.45, 7) is 1.62. The summed E-state index contributed by atoms with van der Waals surface area (Å²) in [5.74, 6) is 0.353. The van der Waals surface area contributed by atoms with E-state index in [1.54, 1.807) is 48.5 Å². The predicted octanol–water partition coefficient (Wildman–Crippen LogP) is 3.26. The monoisotopic (exact) mass is 383 g/mol. The molecule has 1 amide bonds. The van der Waals surface area contributed by atoms with E-state index in [2.05, 4.69) is 9.71 Å². The SMILES string of the molecule is O=C(c1ccc(NC2=NS(=O)(=O)c3ccccc32)cc1)N1CCCCCC1. The molecule has 0 atom stereocenters. The third-order valence-corrected chi connectivity index (χ3v) is 6.25. The van der Waals surface area contributed by atoms with Crippen molar-refractivity contribution in [3.63, 3.8) is 0 Å². The Labute approximate surface area is 159 Å². The predicted molar refractivity (Wildman–Crippen MR) is 105 cm³/mol. The van der Waals surface area contributed by atoms with Crippen LogP contribution in [0.25, 0.3) is 0 Å². The number of nitrogens with one attached hydrogen (secondary N) is 1. The Balaban J connectivity index is 1.51. The highest BCUT2D eigenvalue weighted by Gasteiger charge is 2.28. The van der Waals surface area contributed by atoms with Gasteiger partial charge in [-0.15, -0.1) is 4.40 Å². The standard InChI is InChI=1S/C20H21N3O3S/c24-20(23-13-5-1-2-6-14-23)15-9-11-16(12-10-15)21-19-17-7-3-4-8-18(17)27(25,26)22-19/h3-4,7-12H,1-2,5-6,13-14H2,(H,21,22). The van der Waals surface area contributed by atoms with Crippen molar-refractivity contribution in [2.45, 2.75) is 30.6 Å². The third-order valence-electron chi connectivity index (χ3n) is 4.92. The Morgan fingerprint density at radius 2 is 1.59 bits per heavy atom. The number of benzene rings is 2. The maximum Gasteiger partial charge on any atom is 0.285 e. The molecule has 2 heterocycles. The first-order valence-electron chi connectivity index (χ1n) is 9.15. The van der Waals surface area contributed by atoms with Gasteiger partial charge >= 0.3 is 0 Å². The van der Waals surface area contributed by atoms with Gasteiger partial charge in [0.25, 0.3) is 15.9 Å². The van der Waals surface area contributed by atoms with Gasteiger partial charge in [-0.05, 0) is 49.2 Å². The van der Waals surface area contributed by atoms with Gasteiger partial charge in [0.1, 0.15) is 4.90 Å². The number of carbonyl (C=O) groups is 1. The maximum atomic E-state index is 12.7. The second-order valence-electron chi connectivity index (χ2n) is 6.82. The summed E-state index contributed by atoms with van der Waals surface area (Å²) in [7, 11) is -3.65. The van der Waals surface area contributed by atoms with Gasteiger partial charge in [-0.2, -0.15) is 8.42 Å². The number of rotatable bonds is 2. The zero-order chi connectivity index (χ0) is 18.9. The molecule has 1 fully saturated rings. The topological polar surface area (TPSA) is 78.8 Å². The molecule has 0 aromatic heterocycles. The van der Waals surface area contributed by atoms with E-state index in [9.17, 15) is 13.2 Å². The number of carbonyl (C=O) groups excluding carboxylic acids is 1. The Bertz CT molecular complexity index is 989. The van der Waals surface area contributed by atoms with Crippen molar-refractivity contribution in [2.75, 3.05) is 18.4 Å². The van der Waals surface area contributed by atoms with Crippen molar-refractivity contribution in [1.82, 2.24) is 4.90 Å². The lowest BCUT2D eigenvalue weighted by atomic mass is 10.1. The van der Waals surface area contributed by atoms with Crippen molar-refractivity contribution in [2.24, 2.45) is 4.40 Å². The molecule has 7 heteroatoms. The summed E-state index contributed by atoms with van der Waals surface area (Å²) in [4.78, 5) is 14.8. The fourth-order valence-electron chi connectivity index (χ4n) is 3.49. The molecule has 0 radical (unpaired) electrons. The van der Waals surface area contributed by atoms with E-state index >= 15 is 0 Å². The van der Waals surface area contributed by atoms with Gasteiger partial charge in [0, 0.05) is 29.9 Å². The second-order valence-corrected chi connectivity index (χ2v) is 8.39. The van der Waals surface area contributed by atoms with Crippen LogP contribution in [0.3, 0.4) is 0 Å². The summed E-state index contributed by atoms with van der Waals surface area (Å²) in [5.41, 5.74) is 1.89. The van der Waals surface area contributed by atoms with E-state index in [0.29, 0.717) is 22.6 Å². The van der Waals surface area contributed by atoms with Crippen LogP contribution in [-0.2, 0) is 10.0 Å². The molecule has 0 bridgehead atoms. The molecule has 27 heavy (non-hydrogen) atoms. The molecular weight excluding hydrogens is 362 g/mol. The summed E-state index contributed by atoms with van der Waals surface area (Å²) < 4.78 is 28.1. The fourth-order valence-corrected chi connectivity index (χ4v) is 4.66. The molecule has 0 spiro atoms. The smallest absolute Gasteiger partial charge is 0.285 e. The van der Waals surface area contributed by atoms with Crippen LogP contribution < -0.4 is 5.32 Å². The molecule has 1 saturated heterocycles. The minimum atomic E-state index is -3.65. The minimum absolute atomic E-state index is 0.0505. The minimum Gasteiger partial charge on any atom is -0.339 e. The van der Waals surface area contributed by atoms with Crippen molar-refractivity contribution in [1.29, 1.82) is 0 Å². The molecule has 2 aromatic carbocycles. The first-order chi connectivity index (χ1) is 13.0. The lowest BCUT2D eigenvalue weighted by Crippen LogP contribution is -2.31. The number of nitrogens with zero attached hydrogens (tertiary/aromatic N) is 2. The van der Waals surface area contributed by atoms with E-state index in [0.717, 1.165) is 25.9 Å². The van der Waals surface area contributed by atoms with Gasteiger partial charge in [-0.25, -0.2) is 0 Å².